The number of rotatable bonds is 13. The first kappa shape index (κ1) is 36.9. The van der Waals surface area contributed by atoms with Gasteiger partial charge >= 0.3 is 0 Å². The van der Waals surface area contributed by atoms with E-state index >= 15 is 0 Å². The smallest absolute Gasteiger partial charge is 0.240 e. The van der Waals surface area contributed by atoms with Crippen molar-refractivity contribution >= 4 is 54.7 Å². The molecule has 0 radical (unpaired) electrons. The average molecular weight is 708 g/mol. The van der Waals surface area contributed by atoms with E-state index in [-0.39, 0.29) is 21.2 Å². The van der Waals surface area contributed by atoms with Crippen LogP contribution in [0.2, 0.25) is 0 Å². The molecular weight excluding hydrogens is 667 g/mol. The average Bonchev–Trinajstić information content (AvgIpc) is 3.09. The van der Waals surface area contributed by atoms with Crippen LogP contribution < -0.4 is 30.3 Å². The molecule has 0 aliphatic heterocycles. The molecule has 0 fully saturated rings. The SMILES string of the molecule is CNS(=O)(=O)c1ccc(C(C)=NNc2cc(NN=C(C)c3ccc(S(=O)(=O)NC)cc3)nc(Nc3cc(C(C)(C)C)ccc3OC)n2)cc1. The van der Waals surface area contributed by atoms with Gasteiger partial charge in [-0.3, -0.25) is 10.9 Å². The Balaban J connectivity index is 1.67. The van der Waals surface area contributed by atoms with Crippen molar-refractivity contribution in [3.8, 4) is 5.75 Å². The second-order valence-electron chi connectivity index (χ2n) is 11.8. The second kappa shape index (κ2) is 15.1. The predicted octanol–water partition coefficient (Wildman–Crippen LogP) is 5.01. The summed E-state index contributed by atoms with van der Waals surface area (Å²) >= 11 is 0. The Morgan fingerprint density at radius 1 is 0.694 bits per heavy atom. The summed E-state index contributed by atoms with van der Waals surface area (Å²) in [5.74, 6) is 1.48. The molecule has 4 aromatic rings. The van der Waals surface area contributed by atoms with Crippen molar-refractivity contribution in [1.29, 1.82) is 0 Å². The molecule has 0 saturated carbocycles. The first-order chi connectivity index (χ1) is 23.1. The van der Waals surface area contributed by atoms with Gasteiger partial charge in [-0.05, 0) is 86.4 Å². The second-order valence-corrected chi connectivity index (χ2v) is 15.6. The van der Waals surface area contributed by atoms with E-state index in [1.807, 2.05) is 18.2 Å². The molecule has 4 rings (SSSR count). The maximum Gasteiger partial charge on any atom is 0.240 e. The molecule has 0 unspecified atom stereocenters. The van der Waals surface area contributed by atoms with Crippen molar-refractivity contribution in [2.75, 3.05) is 37.4 Å². The zero-order chi connectivity index (χ0) is 36.0. The minimum absolute atomic E-state index is 0.122. The summed E-state index contributed by atoms with van der Waals surface area (Å²) < 4.78 is 58.6. The number of sulfonamides is 2. The lowest BCUT2D eigenvalue weighted by Crippen LogP contribution is -2.18. The monoisotopic (exact) mass is 707 g/mol. The summed E-state index contributed by atoms with van der Waals surface area (Å²) in [6.07, 6.45) is 0. The van der Waals surface area contributed by atoms with Crippen LogP contribution in [0.15, 0.2) is 92.8 Å². The number of ether oxygens (including phenoxy) is 1. The van der Waals surface area contributed by atoms with Crippen molar-refractivity contribution in [1.82, 2.24) is 19.4 Å². The molecule has 0 aliphatic rings. The molecule has 260 valence electrons. The zero-order valence-electron chi connectivity index (χ0n) is 28.6. The van der Waals surface area contributed by atoms with Crippen molar-refractivity contribution in [2.24, 2.45) is 10.2 Å². The van der Waals surface area contributed by atoms with E-state index < -0.39 is 20.0 Å². The molecule has 0 amide bonds. The van der Waals surface area contributed by atoms with E-state index in [2.05, 4.69) is 66.6 Å². The standard InChI is InChI=1S/C33H41N9O5S2/c1-21(23-9-14-26(15-10-23)48(43,44)34-6)39-41-30-20-31(42-40-22(2)24-11-16-27(17-12-24)49(45,46)35-7)38-32(37-30)36-28-19-25(33(3,4)5)13-18-29(28)47-8/h9-20,34-35H,1-8H3,(H3,36,37,38,41,42). The van der Waals surface area contributed by atoms with E-state index in [1.54, 1.807) is 51.3 Å². The minimum Gasteiger partial charge on any atom is -0.495 e. The fraction of sp³-hybridized carbons (Fsp3) is 0.273. The van der Waals surface area contributed by atoms with Crippen LogP contribution in [0.25, 0.3) is 0 Å². The molecule has 3 aromatic carbocycles. The number of methoxy groups -OCH3 is 1. The van der Waals surface area contributed by atoms with Gasteiger partial charge in [0, 0.05) is 6.07 Å². The first-order valence-electron chi connectivity index (χ1n) is 15.1. The van der Waals surface area contributed by atoms with Crippen molar-refractivity contribution in [3.63, 3.8) is 0 Å². The highest BCUT2D eigenvalue weighted by atomic mass is 32.2. The van der Waals surface area contributed by atoms with Gasteiger partial charge in [-0.1, -0.05) is 51.1 Å². The number of nitrogens with one attached hydrogen (secondary N) is 5. The lowest BCUT2D eigenvalue weighted by molar-refractivity contribution is 0.416. The molecule has 0 spiro atoms. The van der Waals surface area contributed by atoms with Gasteiger partial charge in [0.15, 0.2) is 11.6 Å². The van der Waals surface area contributed by atoms with Crippen molar-refractivity contribution < 1.29 is 21.6 Å². The van der Waals surface area contributed by atoms with Gasteiger partial charge in [0.05, 0.1) is 34.0 Å². The zero-order valence-corrected chi connectivity index (χ0v) is 30.2. The number of nitrogens with zero attached hydrogens (tertiary/aromatic N) is 4. The van der Waals surface area contributed by atoms with E-state index in [4.69, 9.17) is 4.74 Å². The summed E-state index contributed by atoms with van der Waals surface area (Å²) in [6, 6.07) is 20.1. The molecule has 0 atom stereocenters. The summed E-state index contributed by atoms with van der Waals surface area (Å²) in [6.45, 7) is 9.89. The van der Waals surface area contributed by atoms with Crippen molar-refractivity contribution in [3.05, 3.63) is 89.5 Å². The predicted molar refractivity (Wildman–Crippen MR) is 194 cm³/mol. The summed E-state index contributed by atoms with van der Waals surface area (Å²) in [5, 5.41) is 12.2. The highest BCUT2D eigenvalue weighted by Crippen LogP contribution is 2.33. The number of hydrogen-bond acceptors (Lipinski definition) is 12. The molecule has 49 heavy (non-hydrogen) atoms. The third kappa shape index (κ3) is 9.38. The van der Waals surface area contributed by atoms with Crippen LogP contribution in [0.3, 0.4) is 0 Å². The quantitative estimate of drug-likeness (QED) is 0.0933. The largest absolute Gasteiger partial charge is 0.495 e. The van der Waals surface area contributed by atoms with Crippen molar-refractivity contribution in [2.45, 2.75) is 49.8 Å². The van der Waals surface area contributed by atoms with Gasteiger partial charge in [-0.15, -0.1) is 0 Å². The fourth-order valence-corrected chi connectivity index (χ4v) is 5.87. The topological polar surface area (TPSA) is 188 Å². The van der Waals surface area contributed by atoms with Crippen LogP contribution in [-0.4, -0.2) is 59.4 Å². The Bertz CT molecular complexity index is 1960. The molecule has 1 heterocycles. The summed E-state index contributed by atoms with van der Waals surface area (Å²) in [7, 11) is -2.84. The maximum absolute atomic E-state index is 12.1. The molecule has 5 N–H and O–H groups in total. The summed E-state index contributed by atoms with van der Waals surface area (Å²) in [5.41, 5.74) is 10.1. The van der Waals surface area contributed by atoms with Crippen LogP contribution in [0, 0.1) is 0 Å². The van der Waals surface area contributed by atoms with Crippen LogP contribution in [0.1, 0.15) is 51.3 Å². The van der Waals surface area contributed by atoms with Gasteiger partial charge in [0.1, 0.15) is 5.75 Å². The Labute approximate surface area is 287 Å². The first-order valence-corrected chi connectivity index (χ1v) is 18.1. The maximum atomic E-state index is 12.1. The van der Waals surface area contributed by atoms with E-state index in [1.165, 1.54) is 38.4 Å². The molecular formula is C33H41N9O5S2. The summed E-state index contributed by atoms with van der Waals surface area (Å²) in [4.78, 5) is 9.50. The Morgan fingerprint density at radius 3 is 1.53 bits per heavy atom. The van der Waals surface area contributed by atoms with Crippen LogP contribution in [-0.2, 0) is 25.5 Å². The van der Waals surface area contributed by atoms with E-state index in [0.29, 0.717) is 45.6 Å². The lowest BCUT2D eigenvalue weighted by atomic mass is 9.87. The van der Waals surface area contributed by atoms with Crippen LogP contribution in [0.4, 0.5) is 23.3 Å². The molecule has 14 nitrogen and oxygen atoms in total. The molecule has 0 aliphatic carbocycles. The minimum atomic E-state index is -3.57. The number of hydrazone groups is 2. The number of hydrogen-bond donors (Lipinski definition) is 5. The van der Waals surface area contributed by atoms with E-state index in [9.17, 15) is 16.8 Å². The Morgan fingerprint density at radius 2 is 1.14 bits per heavy atom. The number of benzene rings is 3. The van der Waals surface area contributed by atoms with Gasteiger partial charge < -0.3 is 10.1 Å². The Hall–Kier alpha value is -4.90. The third-order valence-electron chi connectivity index (χ3n) is 7.42. The number of anilines is 4. The number of aromatic nitrogens is 2. The fourth-order valence-electron chi connectivity index (χ4n) is 4.41. The van der Waals surface area contributed by atoms with Gasteiger partial charge in [0.25, 0.3) is 0 Å². The normalized spacial score (nSPS) is 12.8. The molecule has 1 aromatic heterocycles. The highest BCUT2D eigenvalue weighted by Gasteiger charge is 2.17. The van der Waals surface area contributed by atoms with Crippen LogP contribution in [0.5, 0.6) is 5.75 Å². The molecule has 0 saturated heterocycles. The highest BCUT2D eigenvalue weighted by molar-refractivity contribution is 7.89. The Kier molecular flexibility index (Phi) is 11.4. The molecule has 16 heteroatoms. The lowest BCUT2D eigenvalue weighted by Gasteiger charge is -2.21. The third-order valence-corrected chi connectivity index (χ3v) is 10.3. The van der Waals surface area contributed by atoms with Gasteiger partial charge in [0.2, 0.25) is 26.0 Å². The molecule has 0 bridgehead atoms. The van der Waals surface area contributed by atoms with Gasteiger partial charge in [-0.25, -0.2) is 26.3 Å². The van der Waals surface area contributed by atoms with E-state index in [0.717, 1.165) is 5.56 Å². The van der Waals surface area contributed by atoms with Crippen LogP contribution >= 0.6 is 0 Å². The van der Waals surface area contributed by atoms with Gasteiger partial charge in [-0.2, -0.15) is 20.2 Å².